The molecule has 9 heteroatoms. The van der Waals surface area contributed by atoms with Crippen molar-refractivity contribution in [1.29, 1.82) is 0 Å². The first-order valence-electron chi connectivity index (χ1n) is 10.5. The molecule has 0 atom stereocenters. The van der Waals surface area contributed by atoms with E-state index in [-0.39, 0.29) is 15.5 Å². The molecule has 31 heavy (non-hydrogen) atoms. The Labute approximate surface area is 187 Å². The summed E-state index contributed by atoms with van der Waals surface area (Å²) in [7, 11) is -3.78. The molecule has 7 nitrogen and oxygen atoms in total. The molecule has 0 spiro atoms. The summed E-state index contributed by atoms with van der Waals surface area (Å²) < 4.78 is 29.8. The maximum Gasteiger partial charge on any atom is 0.258 e. The van der Waals surface area contributed by atoms with Crippen LogP contribution in [0.4, 0.5) is 5.95 Å². The standard InChI is InChI=1S/C22H25ClN4O3S/c1-2-27-19-10-6-5-9-18(19)24-22(27)25-21(28)16-11-12-17(23)20(15-16)31(29,30)26-13-7-3-4-8-14-26/h5-6,9-12,15H,2-4,7-8,13-14H2,1H3,(H,24,25,28). The first-order chi connectivity index (χ1) is 14.9. The molecule has 2 heterocycles. The minimum absolute atomic E-state index is 0.0345. The molecule has 0 aliphatic carbocycles. The predicted octanol–water partition coefficient (Wildman–Crippen LogP) is 4.53. The second kappa shape index (κ2) is 8.98. The van der Waals surface area contributed by atoms with Crippen LogP contribution in [0.1, 0.15) is 43.0 Å². The Hall–Kier alpha value is -2.42. The summed E-state index contributed by atoms with van der Waals surface area (Å²) in [5.41, 5.74) is 1.91. The number of benzene rings is 2. The Bertz CT molecular complexity index is 1210. The number of carbonyl (C=O) groups excluding carboxylic acids is 1. The van der Waals surface area contributed by atoms with Crippen LogP contribution in [-0.2, 0) is 16.6 Å². The van der Waals surface area contributed by atoms with Gasteiger partial charge in [-0.2, -0.15) is 4.31 Å². The highest BCUT2D eigenvalue weighted by Crippen LogP contribution is 2.28. The third-order valence-electron chi connectivity index (χ3n) is 5.57. The minimum atomic E-state index is -3.78. The van der Waals surface area contributed by atoms with Gasteiger partial charge in [0.25, 0.3) is 5.91 Å². The van der Waals surface area contributed by atoms with Crippen molar-refractivity contribution in [3.05, 3.63) is 53.1 Å². The maximum atomic E-state index is 13.2. The van der Waals surface area contributed by atoms with Gasteiger partial charge in [0, 0.05) is 25.2 Å². The fourth-order valence-corrected chi connectivity index (χ4v) is 5.95. The van der Waals surface area contributed by atoms with E-state index in [1.54, 1.807) is 0 Å². The number of hydrogen-bond acceptors (Lipinski definition) is 4. The zero-order valence-corrected chi connectivity index (χ0v) is 18.9. The number of para-hydroxylation sites is 2. The zero-order valence-electron chi connectivity index (χ0n) is 17.3. The van der Waals surface area contributed by atoms with Crippen LogP contribution in [0.25, 0.3) is 11.0 Å². The molecule has 1 aromatic heterocycles. The zero-order chi connectivity index (χ0) is 22.0. The summed E-state index contributed by atoms with van der Waals surface area (Å²) in [6, 6.07) is 12.0. The third-order valence-corrected chi connectivity index (χ3v) is 7.95. The van der Waals surface area contributed by atoms with E-state index in [0.717, 1.165) is 36.7 Å². The SMILES string of the molecule is CCn1c(NC(=O)c2ccc(Cl)c(S(=O)(=O)N3CCCCCC3)c2)nc2ccccc21. The number of nitrogens with zero attached hydrogens (tertiary/aromatic N) is 3. The van der Waals surface area contributed by atoms with Crippen LogP contribution in [0.2, 0.25) is 5.02 Å². The Kier molecular flexibility index (Phi) is 6.31. The molecule has 1 fully saturated rings. The molecule has 2 aromatic carbocycles. The molecule has 0 radical (unpaired) electrons. The average molecular weight is 461 g/mol. The van der Waals surface area contributed by atoms with E-state index >= 15 is 0 Å². The lowest BCUT2D eigenvalue weighted by Crippen LogP contribution is -2.32. The first-order valence-corrected chi connectivity index (χ1v) is 12.3. The molecule has 1 N–H and O–H groups in total. The van der Waals surface area contributed by atoms with Gasteiger partial charge in [0.15, 0.2) is 0 Å². The summed E-state index contributed by atoms with van der Waals surface area (Å²) in [5, 5.41) is 2.93. The van der Waals surface area contributed by atoms with Gasteiger partial charge in [-0.25, -0.2) is 13.4 Å². The molecular formula is C22H25ClN4O3S. The van der Waals surface area contributed by atoms with Gasteiger partial charge < -0.3 is 4.57 Å². The van der Waals surface area contributed by atoms with Gasteiger partial charge in [-0.15, -0.1) is 0 Å². The smallest absolute Gasteiger partial charge is 0.258 e. The number of carbonyl (C=O) groups is 1. The van der Waals surface area contributed by atoms with Crippen molar-refractivity contribution in [3.8, 4) is 0 Å². The summed E-state index contributed by atoms with van der Waals surface area (Å²) in [6.07, 6.45) is 3.68. The van der Waals surface area contributed by atoms with Crippen molar-refractivity contribution in [2.75, 3.05) is 18.4 Å². The molecule has 1 amide bonds. The van der Waals surface area contributed by atoms with E-state index in [9.17, 15) is 13.2 Å². The monoisotopic (exact) mass is 460 g/mol. The molecule has 1 saturated heterocycles. The number of aromatic nitrogens is 2. The van der Waals surface area contributed by atoms with Crippen molar-refractivity contribution in [2.45, 2.75) is 44.0 Å². The number of aryl methyl sites for hydroxylation is 1. The van der Waals surface area contributed by atoms with Gasteiger partial charge in [0.05, 0.1) is 16.1 Å². The van der Waals surface area contributed by atoms with Crippen molar-refractivity contribution >= 4 is 44.5 Å². The third kappa shape index (κ3) is 4.33. The molecule has 1 aliphatic rings. The number of halogens is 1. The van der Waals surface area contributed by atoms with E-state index in [1.807, 2.05) is 35.8 Å². The number of sulfonamides is 1. The maximum absolute atomic E-state index is 13.2. The summed E-state index contributed by atoms with van der Waals surface area (Å²) >= 11 is 6.25. The molecule has 3 aromatic rings. The molecule has 1 aliphatic heterocycles. The minimum Gasteiger partial charge on any atom is -0.310 e. The van der Waals surface area contributed by atoms with Gasteiger partial charge in [-0.3, -0.25) is 10.1 Å². The predicted molar refractivity (Wildman–Crippen MR) is 122 cm³/mol. The van der Waals surface area contributed by atoms with Gasteiger partial charge in [0.1, 0.15) is 4.90 Å². The molecule has 0 saturated carbocycles. The summed E-state index contributed by atoms with van der Waals surface area (Å²) in [4.78, 5) is 17.4. The van der Waals surface area contributed by atoms with Crippen LogP contribution < -0.4 is 5.32 Å². The van der Waals surface area contributed by atoms with Crippen LogP contribution in [0.3, 0.4) is 0 Å². The normalized spacial score (nSPS) is 15.7. The lowest BCUT2D eigenvalue weighted by Gasteiger charge is -2.21. The fourth-order valence-electron chi connectivity index (χ4n) is 3.93. The van der Waals surface area contributed by atoms with Crippen LogP contribution in [-0.4, -0.2) is 41.3 Å². The van der Waals surface area contributed by atoms with Crippen molar-refractivity contribution in [3.63, 3.8) is 0 Å². The Morgan fingerprint density at radius 3 is 2.52 bits per heavy atom. The average Bonchev–Trinajstić information content (AvgIpc) is 2.91. The van der Waals surface area contributed by atoms with Gasteiger partial charge in [0.2, 0.25) is 16.0 Å². The number of hydrogen-bond donors (Lipinski definition) is 1. The van der Waals surface area contributed by atoms with Crippen molar-refractivity contribution < 1.29 is 13.2 Å². The molecule has 164 valence electrons. The Morgan fingerprint density at radius 1 is 1.10 bits per heavy atom. The van der Waals surface area contributed by atoms with Crippen LogP contribution in [0.5, 0.6) is 0 Å². The van der Waals surface area contributed by atoms with Crippen molar-refractivity contribution in [1.82, 2.24) is 13.9 Å². The second-order valence-electron chi connectivity index (χ2n) is 7.59. The number of amides is 1. The van der Waals surface area contributed by atoms with Gasteiger partial charge in [-0.05, 0) is 50.1 Å². The van der Waals surface area contributed by atoms with E-state index in [4.69, 9.17) is 11.6 Å². The number of fused-ring (bicyclic) bond motifs is 1. The Balaban J connectivity index is 1.64. The second-order valence-corrected chi connectivity index (χ2v) is 9.90. The van der Waals surface area contributed by atoms with Crippen LogP contribution >= 0.6 is 11.6 Å². The van der Waals surface area contributed by atoms with Crippen LogP contribution in [0.15, 0.2) is 47.4 Å². The highest BCUT2D eigenvalue weighted by molar-refractivity contribution is 7.89. The van der Waals surface area contributed by atoms with E-state index < -0.39 is 15.9 Å². The van der Waals surface area contributed by atoms with E-state index in [0.29, 0.717) is 25.6 Å². The lowest BCUT2D eigenvalue weighted by atomic mass is 10.2. The molecular weight excluding hydrogens is 436 g/mol. The number of rotatable bonds is 5. The lowest BCUT2D eigenvalue weighted by molar-refractivity contribution is 0.102. The van der Waals surface area contributed by atoms with Crippen molar-refractivity contribution in [2.24, 2.45) is 0 Å². The highest BCUT2D eigenvalue weighted by Gasteiger charge is 2.28. The highest BCUT2D eigenvalue weighted by atomic mass is 35.5. The molecule has 0 unspecified atom stereocenters. The molecule has 0 bridgehead atoms. The quantitative estimate of drug-likeness (QED) is 0.606. The van der Waals surface area contributed by atoms with Crippen LogP contribution in [0, 0.1) is 0 Å². The topological polar surface area (TPSA) is 84.3 Å². The van der Waals surface area contributed by atoms with Gasteiger partial charge >= 0.3 is 0 Å². The fraction of sp³-hybridized carbons (Fsp3) is 0.364. The number of nitrogens with one attached hydrogen (secondary N) is 1. The molecule has 4 rings (SSSR count). The summed E-state index contributed by atoms with van der Waals surface area (Å²) in [5.74, 6) is -0.0189. The Morgan fingerprint density at radius 2 is 1.81 bits per heavy atom. The van der Waals surface area contributed by atoms with Gasteiger partial charge in [-0.1, -0.05) is 36.6 Å². The number of anilines is 1. The van der Waals surface area contributed by atoms with E-state index in [2.05, 4.69) is 10.3 Å². The largest absolute Gasteiger partial charge is 0.310 e. The van der Waals surface area contributed by atoms with E-state index in [1.165, 1.54) is 22.5 Å². The first kappa shape index (κ1) is 21.8. The number of imidazole rings is 1. The summed E-state index contributed by atoms with van der Waals surface area (Å²) in [6.45, 7) is 3.54.